The summed E-state index contributed by atoms with van der Waals surface area (Å²) in [5.41, 5.74) is 0.598. The molecule has 0 aromatic heterocycles. The van der Waals surface area contributed by atoms with E-state index in [-0.39, 0.29) is 17.3 Å². The van der Waals surface area contributed by atoms with Crippen molar-refractivity contribution in [2.24, 2.45) is 0 Å². The predicted molar refractivity (Wildman–Crippen MR) is 68.9 cm³/mol. The minimum atomic E-state index is -0.506. The standard InChI is InChI=1S/C13H10ClNO3/c14-12-7-6-10(8-13(12)15(16)17)9-18-11-4-2-1-3-5-11/h1-8H,9H2. The van der Waals surface area contributed by atoms with Gasteiger partial charge in [-0.15, -0.1) is 0 Å². The van der Waals surface area contributed by atoms with E-state index in [9.17, 15) is 10.1 Å². The third kappa shape index (κ3) is 2.99. The molecule has 18 heavy (non-hydrogen) atoms. The molecule has 0 spiro atoms. The molecule has 2 aromatic carbocycles. The highest BCUT2D eigenvalue weighted by Crippen LogP contribution is 2.25. The van der Waals surface area contributed by atoms with Gasteiger partial charge >= 0.3 is 0 Å². The average Bonchev–Trinajstić information content (AvgIpc) is 2.38. The van der Waals surface area contributed by atoms with Gasteiger partial charge in [0.05, 0.1) is 4.92 Å². The number of nitro groups is 1. The van der Waals surface area contributed by atoms with E-state index in [0.717, 1.165) is 5.75 Å². The highest BCUT2D eigenvalue weighted by molar-refractivity contribution is 6.32. The third-order valence-electron chi connectivity index (χ3n) is 2.36. The second kappa shape index (κ2) is 5.51. The second-order valence-corrected chi connectivity index (χ2v) is 4.05. The number of hydrogen-bond donors (Lipinski definition) is 0. The monoisotopic (exact) mass is 263 g/mol. The number of benzene rings is 2. The van der Waals surface area contributed by atoms with Gasteiger partial charge in [0.2, 0.25) is 0 Å². The maximum atomic E-state index is 10.7. The van der Waals surface area contributed by atoms with E-state index >= 15 is 0 Å². The van der Waals surface area contributed by atoms with Crippen LogP contribution in [-0.2, 0) is 6.61 Å². The maximum absolute atomic E-state index is 10.7. The summed E-state index contributed by atoms with van der Waals surface area (Å²) in [6.07, 6.45) is 0. The molecule has 0 heterocycles. The van der Waals surface area contributed by atoms with Crippen LogP contribution in [0.25, 0.3) is 0 Å². The number of rotatable bonds is 4. The molecule has 0 saturated carbocycles. The van der Waals surface area contributed by atoms with E-state index in [0.29, 0.717) is 5.56 Å². The summed E-state index contributed by atoms with van der Waals surface area (Å²) in [6.45, 7) is 0.266. The van der Waals surface area contributed by atoms with Crippen molar-refractivity contribution in [1.82, 2.24) is 0 Å². The van der Waals surface area contributed by atoms with Crippen LogP contribution in [0, 0.1) is 10.1 Å². The lowest BCUT2D eigenvalue weighted by Gasteiger charge is -2.06. The van der Waals surface area contributed by atoms with Crippen LogP contribution in [0.4, 0.5) is 5.69 Å². The Morgan fingerprint density at radius 1 is 1.17 bits per heavy atom. The van der Waals surface area contributed by atoms with Crippen LogP contribution in [0.2, 0.25) is 5.02 Å². The van der Waals surface area contributed by atoms with Crippen LogP contribution in [0.15, 0.2) is 48.5 Å². The number of nitrogens with zero attached hydrogens (tertiary/aromatic N) is 1. The summed E-state index contributed by atoms with van der Waals surface area (Å²) in [7, 11) is 0. The first kappa shape index (κ1) is 12.4. The van der Waals surface area contributed by atoms with E-state index in [1.54, 1.807) is 6.07 Å². The highest BCUT2D eigenvalue weighted by atomic mass is 35.5. The number of nitro benzene ring substituents is 1. The molecule has 0 amide bonds. The second-order valence-electron chi connectivity index (χ2n) is 3.64. The van der Waals surface area contributed by atoms with Gasteiger partial charge in [-0.3, -0.25) is 10.1 Å². The molecule has 0 unspecified atom stereocenters. The SMILES string of the molecule is O=[N+]([O-])c1cc(COc2ccccc2)ccc1Cl. The lowest BCUT2D eigenvalue weighted by atomic mass is 10.2. The summed E-state index contributed by atoms with van der Waals surface area (Å²) in [4.78, 5) is 10.2. The van der Waals surface area contributed by atoms with Crippen molar-refractivity contribution >= 4 is 17.3 Å². The molecule has 0 aliphatic heterocycles. The molecule has 0 aliphatic carbocycles. The van der Waals surface area contributed by atoms with E-state index in [4.69, 9.17) is 16.3 Å². The van der Waals surface area contributed by atoms with Crippen LogP contribution >= 0.6 is 11.6 Å². The highest BCUT2D eigenvalue weighted by Gasteiger charge is 2.12. The Kier molecular flexibility index (Phi) is 3.79. The molecule has 0 N–H and O–H groups in total. The molecule has 0 radical (unpaired) electrons. The Bertz CT molecular complexity index is 557. The van der Waals surface area contributed by atoms with Crippen LogP contribution in [0.5, 0.6) is 5.75 Å². The zero-order valence-corrected chi connectivity index (χ0v) is 10.1. The Morgan fingerprint density at radius 3 is 2.56 bits per heavy atom. The normalized spacial score (nSPS) is 10.1. The summed E-state index contributed by atoms with van der Waals surface area (Å²) in [6, 6.07) is 13.9. The van der Waals surface area contributed by atoms with E-state index in [2.05, 4.69) is 0 Å². The Hall–Kier alpha value is -2.07. The zero-order chi connectivity index (χ0) is 13.0. The van der Waals surface area contributed by atoms with Crippen molar-refractivity contribution in [3.8, 4) is 5.75 Å². The number of halogens is 1. The van der Waals surface area contributed by atoms with Crippen molar-refractivity contribution in [1.29, 1.82) is 0 Å². The fraction of sp³-hybridized carbons (Fsp3) is 0.0769. The largest absolute Gasteiger partial charge is 0.489 e. The Balaban J connectivity index is 2.11. The van der Waals surface area contributed by atoms with Gasteiger partial charge in [0.25, 0.3) is 5.69 Å². The van der Waals surface area contributed by atoms with Gasteiger partial charge in [0, 0.05) is 6.07 Å². The molecule has 92 valence electrons. The molecule has 0 saturated heterocycles. The van der Waals surface area contributed by atoms with Crippen molar-refractivity contribution < 1.29 is 9.66 Å². The van der Waals surface area contributed by atoms with E-state index < -0.39 is 4.92 Å². The quantitative estimate of drug-likeness (QED) is 0.622. The Morgan fingerprint density at radius 2 is 1.89 bits per heavy atom. The van der Waals surface area contributed by atoms with Gasteiger partial charge in [-0.2, -0.15) is 0 Å². The smallest absolute Gasteiger partial charge is 0.288 e. The molecule has 2 rings (SSSR count). The van der Waals surface area contributed by atoms with Crippen LogP contribution in [-0.4, -0.2) is 4.92 Å². The first-order valence-corrected chi connectivity index (χ1v) is 5.65. The molecule has 0 aliphatic rings. The fourth-order valence-corrected chi connectivity index (χ4v) is 1.66. The first-order valence-electron chi connectivity index (χ1n) is 5.27. The summed E-state index contributed by atoms with van der Waals surface area (Å²) in [5, 5.41) is 10.9. The molecule has 0 fully saturated rings. The lowest BCUT2D eigenvalue weighted by molar-refractivity contribution is -0.384. The Labute approximate surface area is 109 Å². The van der Waals surface area contributed by atoms with Crippen LogP contribution < -0.4 is 4.74 Å². The molecule has 5 heteroatoms. The molecule has 0 bridgehead atoms. The summed E-state index contributed by atoms with van der Waals surface area (Å²) in [5.74, 6) is 0.718. The third-order valence-corrected chi connectivity index (χ3v) is 2.68. The van der Waals surface area contributed by atoms with Gasteiger partial charge in [-0.25, -0.2) is 0 Å². The van der Waals surface area contributed by atoms with E-state index in [1.807, 2.05) is 30.3 Å². The molecule has 2 aromatic rings. The minimum absolute atomic E-state index is 0.106. The van der Waals surface area contributed by atoms with E-state index in [1.165, 1.54) is 12.1 Å². The van der Waals surface area contributed by atoms with Crippen molar-refractivity contribution in [2.75, 3.05) is 0 Å². The zero-order valence-electron chi connectivity index (χ0n) is 9.38. The molecular weight excluding hydrogens is 254 g/mol. The minimum Gasteiger partial charge on any atom is -0.489 e. The van der Waals surface area contributed by atoms with Gasteiger partial charge in [-0.05, 0) is 23.8 Å². The number of para-hydroxylation sites is 1. The molecule has 4 nitrogen and oxygen atoms in total. The summed E-state index contributed by atoms with van der Waals surface area (Å²) >= 11 is 5.73. The van der Waals surface area contributed by atoms with Crippen LogP contribution in [0.1, 0.15) is 5.56 Å². The van der Waals surface area contributed by atoms with Crippen molar-refractivity contribution in [2.45, 2.75) is 6.61 Å². The van der Waals surface area contributed by atoms with Crippen molar-refractivity contribution in [3.05, 3.63) is 69.2 Å². The predicted octanol–water partition coefficient (Wildman–Crippen LogP) is 3.83. The number of ether oxygens (including phenoxy) is 1. The molecular formula is C13H10ClNO3. The van der Waals surface area contributed by atoms with Gasteiger partial charge in [0.15, 0.2) is 0 Å². The fourth-order valence-electron chi connectivity index (χ4n) is 1.47. The lowest BCUT2D eigenvalue weighted by Crippen LogP contribution is -1.97. The van der Waals surface area contributed by atoms with Crippen molar-refractivity contribution in [3.63, 3.8) is 0 Å². The first-order chi connectivity index (χ1) is 8.66. The molecule has 0 atom stereocenters. The van der Waals surface area contributed by atoms with Gasteiger partial charge in [-0.1, -0.05) is 35.9 Å². The maximum Gasteiger partial charge on any atom is 0.288 e. The average molecular weight is 264 g/mol. The van der Waals surface area contributed by atoms with Crippen LogP contribution in [0.3, 0.4) is 0 Å². The number of hydrogen-bond acceptors (Lipinski definition) is 3. The van der Waals surface area contributed by atoms with Gasteiger partial charge < -0.3 is 4.74 Å². The topological polar surface area (TPSA) is 52.4 Å². The van der Waals surface area contributed by atoms with Gasteiger partial charge in [0.1, 0.15) is 17.4 Å². The summed E-state index contributed by atoms with van der Waals surface area (Å²) < 4.78 is 5.50.